The third kappa shape index (κ3) is 2.93. The number of ether oxygens (including phenoxy) is 1. The van der Waals surface area contributed by atoms with Crippen molar-refractivity contribution in [2.45, 2.75) is 24.7 Å². The smallest absolute Gasteiger partial charge is 0.309 e. The average molecular weight is 234 g/mol. The summed E-state index contributed by atoms with van der Waals surface area (Å²) in [5.41, 5.74) is 0.936. The predicted molar refractivity (Wildman–Crippen MR) is 62.0 cm³/mol. The second-order valence-corrected chi connectivity index (χ2v) is 3.99. The van der Waals surface area contributed by atoms with Crippen LogP contribution in [0.3, 0.4) is 0 Å². The third-order valence-corrected chi connectivity index (χ3v) is 2.64. The van der Waals surface area contributed by atoms with Gasteiger partial charge in [-0.3, -0.25) is 4.79 Å². The van der Waals surface area contributed by atoms with E-state index >= 15 is 0 Å². The molecule has 1 saturated heterocycles. The number of esters is 1. The van der Waals surface area contributed by atoms with Crippen LogP contribution in [0.1, 0.15) is 12.0 Å². The molecule has 1 aliphatic heterocycles. The molecule has 0 spiro atoms. The highest BCUT2D eigenvalue weighted by atomic mass is 16.6. The summed E-state index contributed by atoms with van der Waals surface area (Å²) in [6.07, 6.45) is 0.406. The minimum absolute atomic E-state index is 0.0547. The molecule has 0 saturated carbocycles. The van der Waals surface area contributed by atoms with E-state index in [1.807, 2.05) is 30.3 Å². The van der Waals surface area contributed by atoms with Crippen LogP contribution in [-0.2, 0) is 9.53 Å². The number of cyclic esters (lactones) is 1. The molecule has 1 fully saturated rings. The number of hydrogen-bond donors (Lipinski definition) is 2. The first-order chi connectivity index (χ1) is 8.16. The lowest BCUT2D eigenvalue weighted by molar-refractivity contribution is -0.145. The fourth-order valence-electron chi connectivity index (χ4n) is 1.75. The monoisotopic (exact) mass is 234 g/mol. The molecule has 0 aromatic heterocycles. The van der Waals surface area contributed by atoms with E-state index in [9.17, 15) is 15.0 Å². The van der Waals surface area contributed by atoms with E-state index in [1.165, 1.54) is 6.08 Å². The SMILES string of the molecule is O=C1C[C@@H](O)[C@@H]([C@@H](O)/C=C/c2ccccc2)O1. The van der Waals surface area contributed by atoms with Crippen molar-refractivity contribution in [2.24, 2.45) is 0 Å². The van der Waals surface area contributed by atoms with Crippen molar-refractivity contribution in [3.8, 4) is 0 Å². The van der Waals surface area contributed by atoms with Crippen LogP contribution in [0, 0.1) is 0 Å². The summed E-state index contributed by atoms with van der Waals surface area (Å²) in [4.78, 5) is 10.9. The highest BCUT2D eigenvalue weighted by Crippen LogP contribution is 2.19. The number of aliphatic hydroxyl groups excluding tert-OH is 2. The van der Waals surface area contributed by atoms with E-state index < -0.39 is 24.3 Å². The molecule has 3 atom stereocenters. The molecular formula is C13H14O4. The molecule has 1 heterocycles. The van der Waals surface area contributed by atoms with Crippen LogP contribution in [0.25, 0.3) is 6.08 Å². The lowest BCUT2D eigenvalue weighted by atomic mass is 10.1. The van der Waals surface area contributed by atoms with Crippen LogP contribution in [0.4, 0.5) is 0 Å². The van der Waals surface area contributed by atoms with Crippen LogP contribution in [0.2, 0.25) is 0 Å². The molecule has 0 amide bonds. The summed E-state index contributed by atoms with van der Waals surface area (Å²) in [7, 11) is 0. The van der Waals surface area contributed by atoms with Gasteiger partial charge in [0.1, 0.15) is 12.2 Å². The number of hydrogen-bond acceptors (Lipinski definition) is 4. The Balaban J connectivity index is 2.00. The fraction of sp³-hybridized carbons (Fsp3) is 0.308. The van der Waals surface area contributed by atoms with Gasteiger partial charge in [0, 0.05) is 0 Å². The van der Waals surface area contributed by atoms with Gasteiger partial charge in [0.05, 0.1) is 6.42 Å². The maximum absolute atomic E-state index is 10.9. The van der Waals surface area contributed by atoms with Gasteiger partial charge in [-0.05, 0) is 5.56 Å². The molecule has 1 aliphatic rings. The van der Waals surface area contributed by atoms with Gasteiger partial charge in [0.2, 0.25) is 0 Å². The maximum atomic E-state index is 10.9. The Bertz CT molecular complexity index is 413. The largest absolute Gasteiger partial charge is 0.456 e. The lowest BCUT2D eigenvalue weighted by Crippen LogP contribution is -2.32. The number of benzene rings is 1. The second-order valence-electron chi connectivity index (χ2n) is 3.99. The molecule has 1 aromatic carbocycles. The molecule has 0 unspecified atom stereocenters. The molecule has 4 heteroatoms. The highest BCUT2D eigenvalue weighted by molar-refractivity contribution is 5.72. The van der Waals surface area contributed by atoms with Gasteiger partial charge >= 0.3 is 5.97 Å². The molecule has 0 radical (unpaired) electrons. The van der Waals surface area contributed by atoms with Crippen LogP contribution in [-0.4, -0.2) is 34.5 Å². The van der Waals surface area contributed by atoms with Crippen molar-refractivity contribution in [3.05, 3.63) is 42.0 Å². The Morgan fingerprint density at radius 2 is 2.06 bits per heavy atom. The minimum atomic E-state index is -0.989. The molecule has 90 valence electrons. The van der Waals surface area contributed by atoms with Gasteiger partial charge in [-0.25, -0.2) is 0 Å². The lowest BCUT2D eigenvalue weighted by Gasteiger charge is -2.16. The van der Waals surface area contributed by atoms with E-state index in [-0.39, 0.29) is 6.42 Å². The molecule has 2 N–H and O–H groups in total. The van der Waals surface area contributed by atoms with E-state index in [1.54, 1.807) is 6.08 Å². The van der Waals surface area contributed by atoms with E-state index in [0.29, 0.717) is 0 Å². The number of carbonyl (C=O) groups is 1. The predicted octanol–water partition coefficient (Wildman–Crippen LogP) is 0.737. The average Bonchev–Trinajstić information content (AvgIpc) is 2.67. The quantitative estimate of drug-likeness (QED) is 0.757. The first-order valence-corrected chi connectivity index (χ1v) is 5.45. The number of rotatable bonds is 3. The van der Waals surface area contributed by atoms with Gasteiger partial charge < -0.3 is 14.9 Å². The Hall–Kier alpha value is -1.65. The van der Waals surface area contributed by atoms with E-state index in [0.717, 1.165) is 5.56 Å². The van der Waals surface area contributed by atoms with Crippen molar-refractivity contribution >= 4 is 12.0 Å². The summed E-state index contributed by atoms with van der Waals surface area (Å²) >= 11 is 0. The minimum Gasteiger partial charge on any atom is -0.456 e. The van der Waals surface area contributed by atoms with Gasteiger partial charge in [0.25, 0.3) is 0 Å². The molecule has 4 nitrogen and oxygen atoms in total. The zero-order valence-electron chi connectivity index (χ0n) is 9.19. The molecule has 1 aromatic rings. The van der Waals surface area contributed by atoms with Gasteiger partial charge in [-0.15, -0.1) is 0 Å². The standard InChI is InChI=1S/C13H14O4/c14-10(13-11(15)8-12(16)17-13)7-6-9-4-2-1-3-5-9/h1-7,10-11,13-15H,8H2/b7-6+/t10-,11+,13+/m0/s1. The van der Waals surface area contributed by atoms with Crippen LogP contribution >= 0.6 is 0 Å². The Morgan fingerprint density at radius 1 is 1.35 bits per heavy atom. The van der Waals surface area contributed by atoms with Crippen molar-refractivity contribution in [2.75, 3.05) is 0 Å². The van der Waals surface area contributed by atoms with Gasteiger partial charge in [-0.1, -0.05) is 42.5 Å². The summed E-state index contributed by atoms with van der Waals surface area (Å²) in [5.74, 6) is -0.477. The fourth-order valence-corrected chi connectivity index (χ4v) is 1.75. The first-order valence-electron chi connectivity index (χ1n) is 5.45. The second kappa shape index (κ2) is 5.12. The van der Waals surface area contributed by atoms with Crippen LogP contribution in [0.5, 0.6) is 0 Å². The molecule has 17 heavy (non-hydrogen) atoms. The molecule has 0 bridgehead atoms. The maximum Gasteiger partial charge on any atom is 0.309 e. The van der Waals surface area contributed by atoms with Gasteiger partial charge in [0.15, 0.2) is 6.10 Å². The van der Waals surface area contributed by atoms with E-state index in [2.05, 4.69) is 0 Å². The van der Waals surface area contributed by atoms with Crippen LogP contribution in [0.15, 0.2) is 36.4 Å². The summed E-state index contributed by atoms with van der Waals surface area (Å²) < 4.78 is 4.83. The van der Waals surface area contributed by atoms with Crippen molar-refractivity contribution < 1.29 is 19.7 Å². The number of carbonyl (C=O) groups excluding carboxylic acids is 1. The summed E-state index contributed by atoms with van der Waals surface area (Å²) in [6.45, 7) is 0. The topological polar surface area (TPSA) is 66.8 Å². The van der Waals surface area contributed by atoms with Crippen LogP contribution < -0.4 is 0 Å². The Kier molecular flexibility index (Phi) is 3.56. The first kappa shape index (κ1) is 11.8. The Labute approximate surface area is 99.2 Å². The number of aliphatic hydroxyl groups is 2. The van der Waals surface area contributed by atoms with Crippen molar-refractivity contribution in [3.63, 3.8) is 0 Å². The van der Waals surface area contributed by atoms with Crippen molar-refractivity contribution in [1.82, 2.24) is 0 Å². The summed E-state index contributed by atoms with van der Waals surface area (Å²) in [5, 5.41) is 19.3. The molecular weight excluding hydrogens is 220 g/mol. The zero-order valence-corrected chi connectivity index (χ0v) is 9.19. The normalized spacial score (nSPS) is 26.1. The van der Waals surface area contributed by atoms with Crippen molar-refractivity contribution in [1.29, 1.82) is 0 Å². The highest BCUT2D eigenvalue weighted by Gasteiger charge is 2.37. The zero-order chi connectivity index (χ0) is 12.3. The van der Waals surface area contributed by atoms with Gasteiger partial charge in [-0.2, -0.15) is 0 Å². The summed E-state index contributed by atoms with van der Waals surface area (Å²) in [6, 6.07) is 9.45. The third-order valence-electron chi connectivity index (χ3n) is 2.64. The van der Waals surface area contributed by atoms with E-state index in [4.69, 9.17) is 4.74 Å². The molecule has 0 aliphatic carbocycles. The molecule has 2 rings (SSSR count). The Morgan fingerprint density at radius 3 is 2.65 bits per heavy atom.